The van der Waals surface area contributed by atoms with Crippen molar-refractivity contribution in [1.29, 1.82) is 0 Å². The lowest BCUT2D eigenvalue weighted by atomic mass is 10.2. The first-order valence-corrected chi connectivity index (χ1v) is 7.01. The molecule has 0 fully saturated rings. The van der Waals surface area contributed by atoms with Crippen LogP contribution in [0.15, 0.2) is 24.3 Å². The molecule has 0 atom stereocenters. The van der Waals surface area contributed by atoms with Gasteiger partial charge in [0.1, 0.15) is 17.4 Å². The molecule has 0 saturated heterocycles. The van der Waals surface area contributed by atoms with Crippen LogP contribution in [0.5, 0.6) is 5.75 Å². The highest BCUT2D eigenvalue weighted by atomic mass is 35.5. The van der Waals surface area contributed by atoms with Crippen molar-refractivity contribution in [3.63, 3.8) is 0 Å². The van der Waals surface area contributed by atoms with Crippen LogP contribution in [0.4, 0.5) is 21.7 Å². The van der Waals surface area contributed by atoms with Crippen molar-refractivity contribution in [3.05, 3.63) is 40.1 Å². The maximum Gasteiger partial charge on any atom is 0.151 e. The molecule has 0 unspecified atom stereocenters. The summed E-state index contributed by atoms with van der Waals surface area (Å²) in [5.41, 5.74) is 0.554. The van der Waals surface area contributed by atoms with Gasteiger partial charge >= 0.3 is 0 Å². The fraction of sp³-hybridized carbons (Fsp3) is 0.214. The van der Waals surface area contributed by atoms with Gasteiger partial charge in [0.2, 0.25) is 0 Å². The van der Waals surface area contributed by atoms with Crippen LogP contribution >= 0.6 is 23.2 Å². The number of pyridine rings is 1. The molecule has 0 bridgehead atoms. The summed E-state index contributed by atoms with van der Waals surface area (Å²) in [4.78, 5) is 4.32. The van der Waals surface area contributed by atoms with E-state index in [-0.39, 0.29) is 5.82 Å². The SMILES string of the molecule is CCNc1nc(Nc2ccc(F)cc2OC)c(Cl)cc1Cl. The average Bonchev–Trinajstić information content (AvgIpc) is 2.45. The van der Waals surface area contributed by atoms with Crippen LogP contribution in [0, 0.1) is 5.82 Å². The lowest BCUT2D eigenvalue weighted by Gasteiger charge is -2.14. The Balaban J connectivity index is 2.37. The Morgan fingerprint density at radius 2 is 1.90 bits per heavy atom. The van der Waals surface area contributed by atoms with Gasteiger partial charge in [-0.2, -0.15) is 0 Å². The summed E-state index contributed by atoms with van der Waals surface area (Å²) in [6, 6.07) is 5.73. The third-order valence-corrected chi connectivity index (χ3v) is 3.27. The number of aromatic nitrogens is 1. The zero-order chi connectivity index (χ0) is 15.4. The monoisotopic (exact) mass is 329 g/mol. The first-order valence-electron chi connectivity index (χ1n) is 6.25. The second-order valence-corrected chi connectivity index (χ2v) is 4.96. The lowest BCUT2D eigenvalue weighted by molar-refractivity contribution is 0.413. The molecule has 7 heteroatoms. The Morgan fingerprint density at radius 1 is 1.19 bits per heavy atom. The minimum atomic E-state index is -0.388. The van der Waals surface area contributed by atoms with Crippen molar-refractivity contribution < 1.29 is 9.13 Å². The Kier molecular flexibility index (Phi) is 5.09. The summed E-state index contributed by atoms with van der Waals surface area (Å²) in [5.74, 6) is 0.891. The van der Waals surface area contributed by atoms with Gasteiger partial charge in [0, 0.05) is 12.6 Å². The highest BCUT2D eigenvalue weighted by Crippen LogP contribution is 2.34. The quantitative estimate of drug-likeness (QED) is 0.833. The Morgan fingerprint density at radius 3 is 2.57 bits per heavy atom. The van der Waals surface area contributed by atoms with Gasteiger partial charge in [-0.25, -0.2) is 9.37 Å². The van der Waals surface area contributed by atoms with Gasteiger partial charge in [-0.15, -0.1) is 0 Å². The maximum absolute atomic E-state index is 13.2. The van der Waals surface area contributed by atoms with E-state index in [0.717, 1.165) is 0 Å². The standard InChI is InChI=1S/C14H14Cl2FN3O/c1-3-18-13-9(15)7-10(16)14(20-13)19-11-5-4-8(17)6-12(11)21-2/h4-7H,3H2,1-2H3,(H2,18,19,20). The molecule has 0 spiro atoms. The van der Waals surface area contributed by atoms with E-state index in [1.54, 1.807) is 12.1 Å². The summed E-state index contributed by atoms with van der Waals surface area (Å²) >= 11 is 12.2. The molecule has 4 nitrogen and oxygen atoms in total. The van der Waals surface area contributed by atoms with Crippen LogP contribution < -0.4 is 15.4 Å². The van der Waals surface area contributed by atoms with Crippen LogP contribution in [0.1, 0.15) is 6.92 Å². The fourth-order valence-electron chi connectivity index (χ4n) is 1.74. The number of nitrogens with zero attached hydrogens (tertiary/aromatic N) is 1. The van der Waals surface area contributed by atoms with Gasteiger partial charge < -0.3 is 15.4 Å². The molecule has 2 aromatic rings. The van der Waals surface area contributed by atoms with Crippen LogP contribution in [0.25, 0.3) is 0 Å². The van der Waals surface area contributed by atoms with E-state index < -0.39 is 0 Å². The van der Waals surface area contributed by atoms with Gasteiger partial charge in [0.25, 0.3) is 0 Å². The van der Waals surface area contributed by atoms with E-state index in [2.05, 4.69) is 15.6 Å². The zero-order valence-electron chi connectivity index (χ0n) is 11.5. The number of ether oxygens (including phenoxy) is 1. The smallest absolute Gasteiger partial charge is 0.151 e. The molecule has 1 heterocycles. The van der Waals surface area contributed by atoms with E-state index in [1.165, 1.54) is 19.2 Å². The van der Waals surface area contributed by atoms with Crippen LogP contribution in [-0.4, -0.2) is 18.6 Å². The Bertz CT molecular complexity index is 652. The summed E-state index contributed by atoms with van der Waals surface area (Å²) < 4.78 is 18.3. The predicted molar refractivity (Wildman–Crippen MR) is 84.7 cm³/mol. The summed E-state index contributed by atoms with van der Waals surface area (Å²) in [7, 11) is 1.46. The molecule has 1 aromatic heterocycles. The topological polar surface area (TPSA) is 46.2 Å². The molecule has 0 amide bonds. The number of anilines is 3. The average molecular weight is 330 g/mol. The molecule has 0 aliphatic rings. The van der Waals surface area contributed by atoms with Gasteiger partial charge in [-0.3, -0.25) is 0 Å². The molecule has 0 aliphatic heterocycles. The Labute approximate surface area is 132 Å². The number of nitrogens with one attached hydrogen (secondary N) is 2. The molecule has 2 rings (SSSR count). The maximum atomic E-state index is 13.2. The second-order valence-electron chi connectivity index (χ2n) is 4.15. The van der Waals surface area contributed by atoms with Gasteiger partial charge in [0.05, 0.1) is 22.8 Å². The van der Waals surface area contributed by atoms with Crippen molar-refractivity contribution in [2.24, 2.45) is 0 Å². The highest BCUT2D eigenvalue weighted by Gasteiger charge is 2.12. The summed E-state index contributed by atoms with van der Waals surface area (Å²) in [6.07, 6.45) is 0. The largest absolute Gasteiger partial charge is 0.494 e. The third-order valence-electron chi connectivity index (χ3n) is 2.69. The lowest BCUT2D eigenvalue weighted by Crippen LogP contribution is -2.04. The van der Waals surface area contributed by atoms with Crippen molar-refractivity contribution in [2.45, 2.75) is 6.92 Å². The van der Waals surface area contributed by atoms with Crippen LogP contribution in [0.2, 0.25) is 10.0 Å². The van der Waals surface area contributed by atoms with E-state index in [4.69, 9.17) is 27.9 Å². The number of methoxy groups -OCH3 is 1. The Hall–Kier alpha value is -1.72. The summed E-state index contributed by atoms with van der Waals surface area (Å²) in [6.45, 7) is 2.61. The fourth-order valence-corrected chi connectivity index (χ4v) is 2.21. The molecule has 2 N–H and O–H groups in total. The highest BCUT2D eigenvalue weighted by molar-refractivity contribution is 6.37. The molecule has 0 saturated carbocycles. The van der Waals surface area contributed by atoms with Gasteiger partial charge in [-0.05, 0) is 25.1 Å². The molecule has 1 aromatic carbocycles. The molecule has 112 valence electrons. The molecular weight excluding hydrogens is 316 g/mol. The van der Waals surface area contributed by atoms with E-state index >= 15 is 0 Å². The summed E-state index contributed by atoms with van der Waals surface area (Å²) in [5, 5.41) is 6.83. The van der Waals surface area contributed by atoms with Crippen LogP contribution in [-0.2, 0) is 0 Å². The third kappa shape index (κ3) is 3.68. The minimum absolute atomic E-state index is 0.354. The van der Waals surface area contributed by atoms with E-state index in [0.29, 0.717) is 39.7 Å². The van der Waals surface area contributed by atoms with Crippen molar-refractivity contribution in [1.82, 2.24) is 4.98 Å². The second kappa shape index (κ2) is 6.83. The van der Waals surface area contributed by atoms with Crippen molar-refractivity contribution in [3.8, 4) is 5.75 Å². The first-order chi connectivity index (χ1) is 10.0. The van der Waals surface area contributed by atoms with Gasteiger partial charge in [0.15, 0.2) is 5.82 Å². The molecule has 0 radical (unpaired) electrons. The minimum Gasteiger partial charge on any atom is -0.494 e. The molecule has 21 heavy (non-hydrogen) atoms. The molecular formula is C14H14Cl2FN3O. The number of benzene rings is 1. The predicted octanol–water partition coefficient (Wildman–Crippen LogP) is 4.71. The van der Waals surface area contributed by atoms with Crippen molar-refractivity contribution >= 4 is 40.5 Å². The first kappa shape index (κ1) is 15.7. The normalized spacial score (nSPS) is 10.3. The number of rotatable bonds is 5. The zero-order valence-corrected chi connectivity index (χ0v) is 13.0. The molecule has 0 aliphatic carbocycles. The van der Waals surface area contributed by atoms with Crippen LogP contribution in [0.3, 0.4) is 0 Å². The number of halogens is 3. The van der Waals surface area contributed by atoms with Gasteiger partial charge in [-0.1, -0.05) is 23.2 Å². The van der Waals surface area contributed by atoms with E-state index in [9.17, 15) is 4.39 Å². The van der Waals surface area contributed by atoms with E-state index in [1.807, 2.05) is 6.92 Å². The number of hydrogen-bond donors (Lipinski definition) is 2. The van der Waals surface area contributed by atoms with Crippen molar-refractivity contribution in [2.75, 3.05) is 24.3 Å². The number of hydrogen-bond acceptors (Lipinski definition) is 4.